The summed E-state index contributed by atoms with van der Waals surface area (Å²) in [6.45, 7) is 7.15. The maximum Gasteiger partial charge on any atom is 0.264 e. The van der Waals surface area contributed by atoms with Crippen molar-refractivity contribution < 1.29 is 13.2 Å². The molecule has 3 rings (SSSR count). The molecule has 3 aromatic carbocycles. The summed E-state index contributed by atoms with van der Waals surface area (Å²) in [5.74, 6) is -0.574. The number of hydrogen-bond donors (Lipinski definition) is 1. The molecule has 33 heavy (non-hydrogen) atoms. The van der Waals surface area contributed by atoms with Crippen LogP contribution in [-0.4, -0.2) is 26.6 Å². The fourth-order valence-corrected chi connectivity index (χ4v) is 4.88. The van der Waals surface area contributed by atoms with Gasteiger partial charge in [0.1, 0.15) is 6.54 Å². The molecule has 1 N–H and O–H groups in total. The first-order valence-electron chi connectivity index (χ1n) is 10.3. The lowest BCUT2D eigenvalue weighted by atomic mass is 10.0. The molecule has 0 heterocycles. The van der Waals surface area contributed by atoms with Crippen molar-refractivity contribution in [3.05, 3.63) is 94.0 Å². The van der Waals surface area contributed by atoms with E-state index in [-0.39, 0.29) is 10.6 Å². The molecule has 0 aromatic heterocycles. The van der Waals surface area contributed by atoms with E-state index in [4.69, 9.17) is 11.6 Å². The van der Waals surface area contributed by atoms with E-state index in [0.717, 1.165) is 26.6 Å². The highest BCUT2D eigenvalue weighted by molar-refractivity contribution is 7.92. The van der Waals surface area contributed by atoms with Gasteiger partial charge in [-0.25, -0.2) is 13.8 Å². The lowest BCUT2D eigenvalue weighted by Gasteiger charge is -2.24. The van der Waals surface area contributed by atoms with Crippen molar-refractivity contribution in [2.24, 2.45) is 5.10 Å². The Kier molecular flexibility index (Phi) is 7.56. The molecule has 0 radical (unpaired) electrons. The van der Waals surface area contributed by atoms with Gasteiger partial charge in [-0.15, -0.1) is 0 Å². The minimum Gasteiger partial charge on any atom is -0.271 e. The highest BCUT2D eigenvalue weighted by Crippen LogP contribution is 2.26. The Labute approximate surface area is 200 Å². The highest BCUT2D eigenvalue weighted by atomic mass is 35.5. The molecule has 0 bridgehead atoms. The van der Waals surface area contributed by atoms with Crippen molar-refractivity contribution >= 4 is 38.9 Å². The van der Waals surface area contributed by atoms with Gasteiger partial charge in [0.25, 0.3) is 15.9 Å². The van der Waals surface area contributed by atoms with Gasteiger partial charge in [0.2, 0.25) is 0 Å². The third kappa shape index (κ3) is 6.00. The van der Waals surface area contributed by atoms with Crippen molar-refractivity contribution in [1.82, 2.24) is 5.43 Å². The van der Waals surface area contributed by atoms with Crippen LogP contribution in [0.15, 0.2) is 76.7 Å². The number of hydrogen-bond acceptors (Lipinski definition) is 4. The summed E-state index contributed by atoms with van der Waals surface area (Å²) in [6.07, 6.45) is 0. The lowest BCUT2D eigenvalue weighted by molar-refractivity contribution is -0.119. The Hall–Kier alpha value is -3.16. The molecule has 0 aliphatic carbocycles. The molecular formula is C25H26ClN3O3S. The van der Waals surface area contributed by atoms with Gasteiger partial charge in [0.05, 0.1) is 16.3 Å². The topological polar surface area (TPSA) is 78.8 Å². The zero-order valence-electron chi connectivity index (χ0n) is 19.0. The van der Waals surface area contributed by atoms with Crippen LogP contribution in [0.5, 0.6) is 0 Å². The Morgan fingerprint density at radius 2 is 1.64 bits per heavy atom. The number of carbonyl (C=O) groups excluding carboxylic acids is 1. The number of benzene rings is 3. The van der Waals surface area contributed by atoms with Crippen molar-refractivity contribution in [3.63, 3.8) is 0 Å². The van der Waals surface area contributed by atoms with Gasteiger partial charge in [-0.3, -0.25) is 9.10 Å². The van der Waals surface area contributed by atoms with Crippen LogP contribution in [-0.2, 0) is 14.8 Å². The van der Waals surface area contributed by atoms with Gasteiger partial charge in [0, 0.05) is 10.6 Å². The van der Waals surface area contributed by atoms with E-state index in [1.807, 2.05) is 39.0 Å². The summed E-state index contributed by atoms with van der Waals surface area (Å²) >= 11 is 6.10. The maximum absolute atomic E-state index is 13.4. The second kappa shape index (κ2) is 10.2. The molecular weight excluding hydrogens is 458 g/mol. The molecule has 1 amide bonds. The Morgan fingerprint density at radius 1 is 0.970 bits per heavy atom. The number of nitrogens with zero attached hydrogens (tertiary/aromatic N) is 2. The van der Waals surface area contributed by atoms with Gasteiger partial charge in [-0.1, -0.05) is 53.1 Å². The van der Waals surface area contributed by atoms with Gasteiger partial charge in [0.15, 0.2) is 0 Å². The smallest absolute Gasteiger partial charge is 0.264 e. The summed E-state index contributed by atoms with van der Waals surface area (Å²) < 4.78 is 27.8. The van der Waals surface area contributed by atoms with Crippen LogP contribution >= 0.6 is 11.6 Å². The standard InChI is InChI=1S/C25H26ClN3O3S/c1-17-9-12-23(13-10-17)33(31,32)29(22-7-5-6-21(26)15-22)16-25(30)28-27-20(4)24-14-18(2)8-11-19(24)3/h5-15H,16H2,1-4H3,(H,28,30)/b27-20+. The predicted octanol–water partition coefficient (Wildman–Crippen LogP) is 5.00. The van der Waals surface area contributed by atoms with Gasteiger partial charge < -0.3 is 0 Å². The molecule has 6 nitrogen and oxygen atoms in total. The van der Waals surface area contributed by atoms with Crippen LogP contribution in [0.3, 0.4) is 0 Å². The van der Waals surface area contributed by atoms with E-state index < -0.39 is 22.5 Å². The van der Waals surface area contributed by atoms with E-state index in [9.17, 15) is 13.2 Å². The highest BCUT2D eigenvalue weighted by Gasteiger charge is 2.27. The third-order valence-corrected chi connectivity index (χ3v) is 7.15. The molecule has 0 fully saturated rings. The van der Waals surface area contributed by atoms with E-state index in [0.29, 0.717) is 10.7 Å². The number of amides is 1. The Bertz CT molecular complexity index is 1300. The minimum atomic E-state index is -4.02. The van der Waals surface area contributed by atoms with Crippen LogP contribution in [0.25, 0.3) is 0 Å². The lowest BCUT2D eigenvalue weighted by Crippen LogP contribution is -2.39. The number of nitrogens with one attached hydrogen (secondary N) is 1. The van der Waals surface area contributed by atoms with Crippen molar-refractivity contribution in [1.29, 1.82) is 0 Å². The molecule has 0 atom stereocenters. The molecule has 0 aliphatic rings. The number of rotatable bonds is 7. The first-order valence-corrected chi connectivity index (χ1v) is 12.2. The fraction of sp³-hybridized carbons (Fsp3) is 0.200. The third-order valence-electron chi connectivity index (χ3n) is 5.12. The second-order valence-corrected chi connectivity index (χ2v) is 10.2. The average molecular weight is 484 g/mol. The van der Waals surface area contributed by atoms with Crippen molar-refractivity contribution in [2.45, 2.75) is 32.6 Å². The first-order chi connectivity index (χ1) is 15.6. The first kappa shape index (κ1) is 24.5. The van der Waals surface area contributed by atoms with E-state index in [1.165, 1.54) is 18.2 Å². The van der Waals surface area contributed by atoms with E-state index >= 15 is 0 Å². The number of sulfonamides is 1. The predicted molar refractivity (Wildman–Crippen MR) is 133 cm³/mol. The molecule has 172 valence electrons. The van der Waals surface area contributed by atoms with Gasteiger partial charge in [-0.2, -0.15) is 5.10 Å². The number of carbonyl (C=O) groups is 1. The van der Waals surface area contributed by atoms with Crippen molar-refractivity contribution in [2.75, 3.05) is 10.8 Å². The van der Waals surface area contributed by atoms with Crippen LogP contribution in [0.4, 0.5) is 5.69 Å². The number of hydrazone groups is 1. The van der Waals surface area contributed by atoms with E-state index in [1.54, 1.807) is 37.3 Å². The van der Waals surface area contributed by atoms with Crippen molar-refractivity contribution in [3.8, 4) is 0 Å². The SMILES string of the molecule is C/C(=N\NC(=O)CN(c1cccc(Cl)c1)S(=O)(=O)c1ccc(C)cc1)c1cc(C)ccc1C. The van der Waals surface area contributed by atoms with Crippen LogP contribution in [0.2, 0.25) is 5.02 Å². The summed E-state index contributed by atoms with van der Waals surface area (Å²) in [4.78, 5) is 12.9. The summed E-state index contributed by atoms with van der Waals surface area (Å²) in [5, 5.41) is 4.56. The normalized spacial score (nSPS) is 11.8. The average Bonchev–Trinajstić information content (AvgIpc) is 2.77. The van der Waals surface area contributed by atoms with Gasteiger partial charge >= 0.3 is 0 Å². The molecule has 0 aliphatic heterocycles. The summed E-state index contributed by atoms with van der Waals surface area (Å²) in [7, 11) is -4.02. The fourth-order valence-electron chi connectivity index (χ4n) is 3.28. The van der Waals surface area contributed by atoms with Crippen LogP contribution in [0, 0.1) is 20.8 Å². The maximum atomic E-state index is 13.4. The molecule has 0 spiro atoms. The molecule has 3 aromatic rings. The number of aryl methyl sites for hydroxylation is 3. The Morgan fingerprint density at radius 3 is 2.30 bits per heavy atom. The zero-order chi connectivity index (χ0) is 24.2. The van der Waals surface area contributed by atoms with E-state index in [2.05, 4.69) is 10.5 Å². The number of anilines is 1. The molecule has 0 unspecified atom stereocenters. The minimum absolute atomic E-state index is 0.0796. The Balaban J connectivity index is 1.89. The largest absolute Gasteiger partial charge is 0.271 e. The molecule has 8 heteroatoms. The van der Waals surface area contributed by atoms with Gasteiger partial charge in [-0.05, 0) is 69.7 Å². The van der Waals surface area contributed by atoms with Crippen LogP contribution in [0.1, 0.15) is 29.2 Å². The summed E-state index contributed by atoms with van der Waals surface area (Å²) in [5.41, 5.74) is 7.34. The van der Waals surface area contributed by atoms with Crippen LogP contribution < -0.4 is 9.73 Å². The number of halogens is 1. The molecule has 0 saturated heterocycles. The monoisotopic (exact) mass is 483 g/mol. The quantitative estimate of drug-likeness (QED) is 0.379. The summed E-state index contributed by atoms with van der Waals surface area (Å²) in [6, 6.07) is 18.8. The second-order valence-electron chi connectivity index (χ2n) is 7.86. The molecule has 0 saturated carbocycles. The zero-order valence-corrected chi connectivity index (χ0v) is 20.5.